The molecule has 216 valence electrons. The minimum Gasteiger partial charge on any atom is -0.393 e. The molecule has 4 N–H and O–H groups in total. The van der Waals surface area contributed by atoms with Crippen LogP contribution in [0.2, 0.25) is 10.0 Å². The van der Waals surface area contributed by atoms with Gasteiger partial charge in [-0.15, -0.1) is 0 Å². The van der Waals surface area contributed by atoms with Gasteiger partial charge in [0.1, 0.15) is 23.2 Å². The second-order valence-electron chi connectivity index (χ2n) is 11.2. The first-order valence-electron chi connectivity index (χ1n) is 12.8. The van der Waals surface area contributed by atoms with Crippen LogP contribution >= 0.6 is 23.2 Å². The van der Waals surface area contributed by atoms with Crippen LogP contribution in [0.4, 0.5) is 14.6 Å². The third-order valence-corrected chi connectivity index (χ3v) is 7.70. The fourth-order valence-electron chi connectivity index (χ4n) is 5.43. The summed E-state index contributed by atoms with van der Waals surface area (Å²) in [5.74, 6) is -3.50. The van der Waals surface area contributed by atoms with Gasteiger partial charge >= 0.3 is 0 Å². The molecule has 1 aromatic heterocycles. The van der Waals surface area contributed by atoms with Crippen molar-refractivity contribution in [2.45, 2.75) is 56.7 Å². The van der Waals surface area contributed by atoms with Crippen molar-refractivity contribution in [2.75, 3.05) is 11.9 Å². The number of anilines is 1. The van der Waals surface area contributed by atoms with Crippen LogP contribution < -0.4 is 10.6 Å². The molecule has 2 heterocycles. The second kappa shape index (κ2) is 12.0. The van der Waals surface area contributed by atoms with E-state index in [9.17, 15) is 15.2 Å². The summed E-state index contributed by atoms with van der Waals surface area (Å²) in [6.45, 7) is 5.26. The van der Waals surface area contributed by atoms with E-state index in [-0.39, 0.29) is 38.1 Å². The quantitative estimate of drug-likeness (QED) is 0.297. The molecule has 3 aromatic rings. The van der Waals surface area contributed by atoms with Crippen molar-refractivity contribution in [3.63, 3.8) is 0 Å². The van der Waals surface area contributed by atoms with E-state index >= 15 is 8.78 Å². The van der Waals surface area contributed by atoms with Gasteiger partial charge in [-0.2, -0.15) is 5.26 Å². The zero-order valence-corrected chi connectivity index (χ0v) is 24.0. The van der Waals surface area contributed by atoms with Crippen molar-refractivity contribution in [1.29, 1.82) is 5.26 Å². The molecule has 1 aliphatic rings. The first-order chi connectivity index (χ1) is 19.3. The Balaban J connectivity index is 1.89. The minimum absolute atomic E-state index is 0.00973. The molecular weight excluding hydrogens is 575 g/mol. The van der Waals surface area contributed by atoms with Crippen LogP contribution in [0.3, 0.4) is 0 Å². The summed E-state index contributed by atoms with van der Waals surface area (Å²) >= 11 is 12.2. The van der Waals surface area contributed by atoms with Crippen LogP contribution in [0.5, 0.6) is 0 Å². The Hall–Kier alpha value is -3.20. The number of carbonyl (C=O) groups excluding carboxylic acids is 1. The van der Waals surface area contributed by atoms with Crippen molar-refractivity contribution >= 4 is 34.9 Å². The molecule has 2 aromatic carbocycles. The molecule has 4 rings (SSSR count). The molecule has 5 atom stereocenters. The molecule has 0 unspecified atom stereocenters. The smallest absolute Gasteiger partial charge is 0.243 e. The highest BCUT2D eigenvalue weighted by Gasteiger charge is 2.61. The highest BCUT2D eigenvalue weighted by Crippen LogP contribution is 2.52. The zero-order valence-electron chi connectivity index (χ0n) is 22.5. The molecule has 12 heteroatoms. The zero-order chi connectivity index (χ0) is 30.1. The molecule has 41 heavy (non-hydrogen) atoms. The average molecular weight is 604 g/mol. The summed E-state index contributed by atoms with van der Waals surface area (Å²) < 4.78 is 31.4. The first kappa shape index (κ1) is 30.8. The van der Waals surface area contributed by atoms with Crippen molar-refractivity contribution in [3.05, 3.63) is 87.3 Å². The number of nitrogens with zero attached hydrogens (tertiary/aromatic N) is 3. The lowest BCUT2D eigenvalue weighted by molar-refractivity contribution is -0.118. The number of nitriles is 1. The molecule has 1 saturated heterocycles. The number of nitrogens with one attached hydrogen (secondary N) is 2. The maximum absolute atomic E-state index is 15.7. The molecule has 0 bridgehead atoms. The monoisotopic (exact) mass is 603 g/mol. The maximum atomic E-state index is 15.7. The highest BCUT2D eigenvalue weighted by atomic mass is 35.5. The van der Waals surface area contributed by atoms with Gasteiger partial charge in [-0.25, -0.2) is 13.8 Å². The summed E-state index contributed by atoms with van der Waals surface area (Å²) in [6, 6.07) is 8.44. The number of aromatic nitrogens is 2. The number of hydrogen-bond acceptors (Lipinski definition) is 7. The summed E-state index contributed by atoms with van der Waals surface area (Å²) in [4.78, 5) is 21.9. The van der Waals surface area contributed by atoms with Gasteiger partial charge in [0.25, 0.3) is 0 Å². The van der Waals surface area contributed by atoms with Gasteiger partial charge in [-0.1, -0.05) is 62.2 Å². The van der Waals surface area contributed by atoms with Crippen LogP contribution in [-0.4, -0.2) is 44.8 Å². The Morgan fingerprint density at radius 2 is 1.95 bits per heavy atom. The average Bonchev–Trinajstić information content (AvgIpc) is 3.23. The number of aliphatic hydroxyl groups is 2. The van der Waals surface area contributed by atoms with Gasteiger partial charge in [0.15, 0.2) is 5.82 Å². The number of aliphatic hydroxyl groups excluding tert-OH is 2. The maximum Gasteiger partial charge on any atom is 0.243 e. The fourth-order valence-corrected chi connectivity index (χ4v) is 5.77. The van der Waals surface area contributed by atoms with Crippen molar-refractivity contribution in [2.24, 2.45) is 5.41 Å². The summed E-state index contributed by atoms with van der Waals surface area (Å²) in [7, 11) is 0. The third-order valence-electron chi connectivity index (χ3n) is 7.17. The number of carbonyl (C=O) groups is 1. The van der Waals surface area contributed by atoms with Crippen LogP contribution in [0.1, 0.15) is 56.0 Å². The summed E-state index contributed by atoms with van der Waals surface area (Å²) in [5.41, 5.74) is -2.13. The largest absolute Gasteiger partial charge is 0.393 e. The van der Waals surface area contributed by atoms with E-state index in [1.54, 1.807) is 0 Å². The Morgan fingerprint density at radius 1 is 1.22 bits per heavy atom. The summed E-state index contributed by atoms with van der Waals surface area (Å²) in [6.07, 6.45) is 1.46. The first-order valence-corrected chi connectivity index (χ1v) is 13.6. The molecule has 0 radical (unpaired) electrons. The van der Waals surface area contributed by atoms with Gasteiger partial charge in [-0.05, 0) is 35.6 Å². The van der Waals surface area contributed by atoms with Gasteiger partial charge in [0, 0.05) is 22.5 Å². The molecule has 8 nitrogen and oxygen atoms in total. The van der Waals surface area contributed by atoms with Crippen molar-refractivity contribution < 1.29 is 23.8 Å². The second-order valence-corrected chi connectivity index (χ2v) is 12.0. The standard InChI is InChI=1S/C29H29Cl2F2N5O3/c1-28(2,3)10-22-29(14-34,17-8-7-15(30)9-19(17)32)24(16-5-4-6-18(31)25(16)33)26(37-22)27(41)38-23-12-35-20(11-36-23)21(40)13-39/h4-9,11-12,21-22,24,26,37,39-40H,10,13H2,1-3H3,(H,36,38,41)/t21-,22+,24+,26-,29+/m1/s1. The molecule has 1 amide bonds. The molecule has 0 aliphatic carbocycles. The molecule has 0 spiro atoms. The number of rotatable bonds is 7. The number of amides is 1. The topological polar surface area (TPSA) is 131 Å². The van der Waals surface area contributed by atoms with E-state index in [1.807, 2.05) is 20.8 Å². The van der Waals surface area contributed by atoms with E-state index in [1.165, 1.54) is 42.7 Å². The lowest BCUT2D eigenvalue weighted by atomic mass is 9.62. The van der Waals surface area contributed by atoms with E-state index in [0.29, 0.717) is 6.42 Å². The van der Waals surface area contributed by atoms with Crippen LogP contribution in [0.25, 0.3) is 0 Å². The highest BCUT2D eigenvalue weighted by molar-refractivity contribution is 6.31. The van der Waals surface area contributed by atoms with Gasteiger partial charge in [0.2, 0.25) is 5.91 Å². The lowest BCUT2D eigenvalue weighted by Gasteiger charge is -2.37. The van der Waals surface area contributed by atoms with Crippen LogP contribution in [0, 0.1) is 28.4 Å². The Kier molecular flexibility index (Phi) is 8.97. The fraction of sp³-hybridized carbons (Fsp3) is 0.379. The number of halogens is 4. The molecule has 1 fully saturated rings. The summed E-state index contributed by atoms with van der Waals surface area (Å²) in [5, 5.41) is 35.5. The third kappa shape index (κ3) is 6.05. The Labute approximate surface area is 246 Å². The lowest BCUT2D eigenvalue weighted by Crippen LogP contribution is -2.45. The minimum atomic E-state index is -1.77. The van der Waals surface area contributed by atoms with E-state index in [0.717, 1.165) is 6.07 Å². The van der Waals surface area contributed by atoms with E-state index < -0.39 is 53.7 Å². The van der Waals surface area contributed by atoms with Gasteiger partial charge in [-0.3, -0.25) is 9.78 Å². The van der Waals surface area contributed by atoms with Gasteiger partial charge < -0.3 is 20.8 Å². The van der Waals surface area contributed by atoms with Gasteiger partial charge in [0.05, 0.1) is 41.8 Å². The van der Waals surface area contributed by atoms with Crippen LogP contribution in [-0.2, 0) is 10.2 Å². The van der Waals surface area contributed by atoms with Crippen molar-refractivity contribution in [1.82, 2.24) is 15.3 Å². The SMILES string of the molecule is CC(C)(C)C[C@@H]1N[C@@H](C(=O)Nc2cnc([C@H](O)CO)cn2)[C@H](c2cccc(Cl)c2F)[C@@]1(C#N)c1ccc(Cl)cc1F. The van der Waals surface area contributed by atoms with Crippen molar-refractivity contribution in [3.8, 4) is 6.07 Å². The molecule has 0 saturated carbocycles. The molecule has 1 aliphatic heterocycles. The predicted octanol–water partition coefficient (Wildman–Crippen LogP) is 5.05. The predicted molar refractivity (Wildman–Crippen MR) is 150 cm³/mol. The Morgan fingerprint density at radius 3 is 2.54 bits per heavy atom. The van der Waals surface area contributed by atoms with Crippen LogP contribution in [0.15, 0.2) is 48.8 Å². The Bertz CT molecular complexity index is 1480. The molecular formula is C29H29Cl2F2N5O3. The van der Waals surface area contributed by atoms with E-state index in [2.05, 4.69) is 26.7 Å². The van der Waals surface area contributed by atoms with E-state index in [4.69, 9.17) is 28.3 Å². The number of hydrogen-bond donors (Lipinski definition) is 4. The normalized spacial score (nSPS) is 23.2. The number of benzene rings is 2.